The summed E-state index contributed by atoms with van der Waals surface area (Å²) in [5.74, 6) is -3.09. The molecule has 3 N–H and O–H groups in total. The lowest BCUT2D eigenvalue weighted by Crippen LogP contribution is -2.31. The smallest absolute Gasteiger partial charge is 0.333 e. The van der Waals surface area contributed by atoms with E-state index in [-0.39, 0.29) is 58.2 Å². The van der Waals surface area contributed by atoms with Gasteiger partial charge < -0.3 is 14.6 Å². The first-order valence-electron chi connectivity index (χ1n) is 25.0. The van der Waals surface area contributed by atoms with E-state index < -0.39 is 76.2 Å². The number of halogens is 1. The Morgan fingerprint density at radius 2 is 1.41 bits per heavy atom. The van der Waals surface area contributed by atoms with Crippen LogP contribution < -0.4 is 9.80 Å². The number of hydrogen-bond acceptors (Lipinski definition) is 12. The number of rotatable bonds is 23. The van der Waals surface area contributed by atoms with Crippen molar-refractivity contribution in [2.24, 2.45) is 0 Å². The Bertz CT molecular complexity index is 3160. The molecule has 4 aliphatic rings. The Hall–Kier alpha value is -5.22. The summed E-state index contributed by atoms with van der Waals surface area (Å²) >= 11 is 7.34. The number of carbonyl (C=O) groups is 3. The first-order valence-corrected chi connectivity index (χ1v) is 30.2. The molecule has 1 fully saturated rings. The molecule has 7 rings (SSSR count). The lowest BCUT2D eigenvalue weighted by molar-refractivity contribution is -0.438. The molecule has 0 saturated carbocycles. The number of anilines is 2. The Balaban J connectivity index is 1.17. The summed E-state index contributed by atoms with van der Waals surface area (Å²) in [6.45, 7) is 9.73. The Morgan fingerprint density at radius 1 is 0.757 bits per heavy atom. The van der Waals surface area contributed by atoms with Crippen molar-refractivity contribution in [3.8, 4) is 0 Å². The minimum atomic E-state index is -4.26. The van der Waals surface area contributed by atoms with E-state index in [1.165, 1.54) is 5.56 Å². The van der Waals surface area contributed by atoms with Crippen molar-refractivity contribution in [2.75, 3.05) is 53.2 Å². The standard InChI is InChI=1S/C53H65ClN4O13S3/c1-52(2)42-36-40(55(29-11-33-72(62,63)64)30-12-34-73(65,66)67)22-24-43(42)56(32-13-35-74(68,69)70)45(52)25-20-38-15-10-16-39(51(38)54)21-26-46-53(3,4)50-41-17-8-7-14-37(41)19-23-44(50)57(46)31-9-5-6-18-49(61)71-58-47(59)27-28-48(58)60/h7-8,14,17,19-26,36H,5-6,9-13,15-16,18,27-35H2,1-4H3,(H2-,62,63,64,65,66,67,68,69,70)/p+1. The monoisotopic (exact) mass is 1100 g/mol. The minimum Gasteiger partial charge on any atom is -0.371 e. The fourth-order valence-corrected chi connectivity index (χ4v) is 12.4. The van der Waals surface area contributed by atoms with Gasteiger partial charge in [0.05, 0.1) is 22.7 Å². The minimum absolute atomic E-state index is 0.0369. The zero-order valence-electron chi connectivity index (χ0n) is 42.3. The Kier molecular flexibility index (Phi) is 17.5. The molecule has 0 bridgehead atoms. The second kappa shape index (κ2) is 22.9. The summed E-state index contributed by atoms with van der Waals surface area (Å²) < 4.78 is 101. The third-order valence-electron chi connectivity index (χ3n) is 14.2. The molecule has 0 atom stereocenters. The topological polar surface area (TPSA) is 236 Å². The van der Waals surface area contributed by atoms with Crippen LogP contribution in [0.1, 0.15) is 116 Å². The van der Waals surface area contributed by atoms with Gasteiger partial charge in [-0.1, -0.05) is 61.9 Å². The van der Waals surface area contributed by atoms with Crippen LogP contribution in [0.3, 0.4) is 0 Å². The van der Waals surface area contributed by atoms with Crippen LogP contribution in [0.15, 0.2) is 101 Å². The van der Waals surface area contributed by atoms with Crippen LogP contribution in [0.25, 0.3) is 10.8 Å². The zero-order valence-corrected chi connectivity index (χ0v) is 45.5. The molecule has 3 aromatic rings. The highest BCUT2D eigenvalue weighted by Crippen LogP contribution is 2.50. The Labute approximate surface area is 439 Å². The molecule has 1 aliphatic carbocycles. The number of fused-ring (bicyclic) bond motifs is 4. The molecule has 1 saturated heterocycles. The summed E-state index contributed by atoms with van der Waals surface area (Å²) in [6, 6.07) is 18.2. The fourth-order valence-electron chi connectivity index (χ4n) is 10.6. The van der Waals surface area contributed by atoms with Gasteiger partial charge in [-0.3, -0.25) is 23.2 Å². The quantitative estimate of drug-likeness (QED) is 0.0348. The van der Waals surface area contributed by atoms with E-state index in [4.69, 9.17) is 16.4 Å². The van der Waals surface area contributed by atoms with E-state index in [2.05, 4.69) is 54.8 Å². The Morgan fingerprint density at radius 3 is 2.07 bits per heavy atom. The van der Waals surface area contributed by atoms with E-state index in [1.54, 1.807) is 4.90 Å². The predicted molar refractivity (Wildman–Crippen MR) is 287 cm³/mol. The normalized spacial score (nSPS) is 19.0. The number of allylic oxidation sites excluding steroid dienone is 8. The van der Waals surface area contributed by atoms with Crippen LogP contribution in [-0.2, 0) is 60.4 Å². The van der Waals surface area contributed by atoms with Gasteiger partial charge in [-0.05, 0) is 123 Å². The third kappa shape index (κ3) is 13.6. The number of carbonyl (C=O) groups excluding carboxylic acids is 3. The second-order valence-electron chi connectivity index (χ2n) is 20.4. The second-order valence-corrected chi connectivity index (χ2v) is 25.4. The summed E-state index contributed by atoms with van der Waals surface area (Å²) in [4.78, 5) is 45.3. The van der Waals surface area contributed by atoms with Crippen LogP contribution in [-0.4, -0.2) is 115 Å². The molecular weight excluding hydrogens is 1030 g/mol. The van der Waals surface area contributed by atoms with Crippen LogP contribution in [0.4, 0.5) is 17.1 Å². The lowest BCUT2D eigenvalue weighted by atomic mass is 9.79. The van der Waals surface area contributed by atoms with Crippen molar-refractivity contribution < 1.29 is 62.7 Å². The lowest BCUT2D eigenvalue weighted by Gasteiger charge is -2.27. The number of amides is 2. The molecule has 0 unspecified atom stereocenters. The molecule has 400 valence electrons. The average molecular weight is 1100 g/mol. The van der Waals surface area contributed by atoms with Crippen molar-refractivity contribution >= 4 is 93.3 Å². The maximum Gasteiger partial charge on any atom is 0.333 e. The third-order valence-corrected chi connectivity index (χ3v) is 17.1. The average Bonchev–Trinajstić information content (AvgIpc) is 3.83. The van der Waals surface area contributed by atoms with Gasteiger partial charge in [0.1, 0.15) is 6.54 Å². The summed E-state index contributed by atoms with van der Waals surface area (Å²) in [5.41, 5.74) is 7.32. The molecule has 0 radical (unpaired) electrons. The first-order chi connectivity index (χ1) is 34.7. The largest absolute Gasteiger partial charge is 0.371 e. The van der Waals surface area contributed by atoms with Gasteiger partial charge >= 0.3 is 5.97 Å². The first kappa shape index (κ1) is 56.5. The van der Waals surface area contributed by atoms with Gasteiger partial charge in [0, 0.05) is 90.5 Å². The molecule has 74 heavy (non-hydrogen) atoms. The SMILES string of the molecule is CC1(C)C(=CC=C2CCCC(C=CC3=[N+](CCCCCC(=O)ON4C(=O)CCC4=O)c4ccc5ccccc5c4C3(C)C)=C2Cl)N(CCCS(=O)(=O)O)c2ccc(N(CCCS(=O)(=O)O)CCCS(=O)(=O)O)cc21. The van der Waals surface area contributed by atoms with E-state index in [1.807, 2.05) is 61.2 Å². The number of benzene rings is 3. The maximum absolute atomic E-state index is 12.5. The van der Waals surface area contributed by atoms with Crippen LogP contribution in [0.2, 0.25) is 0 Å². The molecule has 21 heteroatoms. The maximum atomic E-state index is 12.5. The summed E-state index contributed by atoms with van der Waals surface area (Å²) in [5, 5.41) is 3.50. The highest BCUT2D eigenvalue weighted by atomic mass is 35.5. The molecule has 2 amide bonds. The number of unbranched alkanes of at least 4 members (excludes halogenated alkanes) is 2. The van der Waals surface area contributed by atoms with E-state index in [0.29, 0.717) is 41.6 Å². The highest BCUT2D eigenvalue weighted by Gasteiger charge is 2.46. The summed E-state index contributed by atoms with van der Waals surface area (Å²) in [7, 11) is -12.8. The van der Waals surface area contributed by atoms with Gasteiger partial charge in [0.25, 0.3) is 42.2 Å². The van der Waals surface area contributed by atoms with Crippen molar-refractivity contribution in [3.63, 3.8) is 0 Å². The number of hydrogen-bond donors (Lipinski definition) is 3. The molecule has 0 aromatic heterocycles. The molecule has 3 aliphatic heterocycles. The molecule has 0 spiro atoms. The van der Waals surface area contributed by atoms with Crippen LogP contribution in [0.5, 0.6) is 0 Å². The van der Waals surface area contributed by atoms with Crippen molar-refractivity contribution in [2.45, 2.75) is 116 Å². The van der Waals surface area contributed by atoms with Gasteiger partial charge in [-0.25, -0.2) is 4.79 Å². The number of nitrogens with zero attached hydrogens (tertiary/aromatic N) is 4. The summed E-state index contributed by atoms with van der Waals surface area (Å²) in [6.07, 6.45) is 12.9. The van der Waals surface area contributed by atoms with Crippen molar-refractivity contribution in [1.82, 2.24) is 5.06 Å². The highest BCUT2D eigenvalue weighted by molar-refractivity contribution is 7.86. The van der Waals surface area contributed by atoms with Crippen molar-refractivity contribution in [3.05, 3.63) is 112 Å². The van der Waals surface area contributed by atoms with E-state index >= 15 is 0 Å². The van der Waals surface area contributed by atoms with Gasteiger partial charge in [-0.15, -0.1) is 5.06 Å². The number of hydroxylamine groups is 2. The number of imide groups is 1. The predicted octanol–water partition coefficient (Wildman–Crippen LogP) is 8.86. The van der Waals surface area contributed by atoms with Crippen LogP contribution in [0, 0.1) is 0 Å². The van der Waals surface area contributed by atoms with Crippen LogP contribution >= 0.6 is 11.6 Å². The van der Waals surface area contributed by atoms with Gasteiger partial charge in [0.15, 0.2) is 5.71 Å². The van der Waals surface area contributed by atoms with E-state index in [9.17, 15) is 53.3 Å². The fraction of sp³-hybridized carbons (Fsp3) is 0.472. The molecule has 3 heterocycles. The van der Waals surface area contributed by atoms with Crippen molar-refractivity contribution in [1.29, 1.82) is 0 Å². The zero-order chi connectivity index (χ0) is 53.8. The van der Waals surface area contributed by atoms with Gasteiger partial charge in [0.2, 0.25) is 5.69 Å². The van der Waals surface area contributed by atoms with E-state index in [0.717, 1.165) is 69.5 Å². The molecular formula is C53H66ClN4O13S3+. The van der Waals surface area contributed by atoms with Gasteiger partial charge in [-0.2, -0.15) is 29.8 Å². The molecule has 17 nitrogen and oxygen atoms in total. The molecule has 3 aromatic carbocycles.